The summed E-state index contributed by atoms with van der Waals surface area (Å²) >= 11 is 0. The molecule has 120 valence electrons. The molecule has 0 aromatic heterocycles. The van der Waals surface area contributed by atoms with Gasteiger partial charge in [0, 0.05) is 5.92 Å². The van der Waals surface area contributed by atoms with Crippen LogP contribution in [0.3, 0.4) is 0 Å². The quantitative estimate of drug-likeness (QED) is 0.866. The zero-order chi connectivity index (χ0) is 16.5. The third kappa shape index (κ3) is 3.44. The monoisotopic (exact) mass is 305 g/mol. The summed E-state index contributed by atoms with van der Waals surface area (Å²) in [5, 5.41) is 0. The Morgan fingerprint density at radius 2 is 1.86 bits per heavy atom. The van der Waals surface area contributed by atoms with Crippen LogP contribution in [0.2, 0.25) is 0 Å². The van der Waals surface area contributed by atoms with Crippen molar-refractivity contribution >= 4 is 18.7 Å². The highest BCUT2D eigenvalue weighted by Crippen LogP contribution is 2.36. The molecule has 0 saturated carbocycles. The number of amides is 1. The third-order valence-electron chi connectivity index (χ3n) is 4.48. The molecule has 2 rings (SSSR count). The Morgan fingerprint density at radius 3 is 2.41 bits per heavy atom. The van der Waals surface area contributed by atoms with Crippen LogP contribution < -0.4 is 11.2 Å². The Labute approximate surface area is 132 Å². The molecule has 2 N–H and O–H groups in total. The molecule has 0 bridgehead atoms. The van der Waals surface area contributed by atoms with Crippen LogP contribution in [0.4, 0.5) is 4.79 Å². The molecule has 1 unspecified atom stereocenters. The number of rotatable bonds is 4. The van der Waals surface area contributed by atoms with Crippen molar-refractivity contribution in [3.63, 3.8) is 0 Å². The van der Waals surface area contributed by atoms with E-state index in [1.807, 2.05) is 58.9 Å². The van der Waals surface area contributed by atoms with Gasteiger partial charge in [-0.05, 0) is 38.7 Å². The van der Waals surface area contributed by atoms with E-state index in [1.54, 1.807) is 0 Å². The maximum absolute atomic E-state index is 10.7. The summed E-state index contributed by atoms with van der Waals surface area (Å²) in [5.74, 6) is 0.0508. The minimum absolute atomic E-state index is 0.0508. The highest BCUT2D eigenvalue weighted by atomic mass is 16.7. The number of benzene rings is 1. The van der Waals surface area contributed by atoms with Gasteiger partial charge in [-0.2, -0.15) is 0 Å². The van der Waals surface area contributed by atoms with E-state index >= 15 is 0 Å². The van der Waals surface area contributed by atoms with E-state index in [0.717, 1.165) is 11.0 Å². The van der Waals surface area contributed by atoms with Crippen molar-refractivity contribution in [1.82, 2.24) is 0 Å². The molecule has 1 fully saturated rings. The fraction of sp³-hybridized carbons (Fsp3) is 0.562. The van der Waals surface area contributed by atoms with E-state index in [0.29, 0.717) is 0 Å². The van der Waals surface area contributed by atoms with Crippen molar-refractivity contribution in [2.24, 2.45) is 5.73 Å². The van der Waals surface area contributed by atoms with Crippen molar-refractivity contribution in [2.75, 3.05) is 6.61 Å². The lowest BCUT2D eigenvalue weighted by Gasteiger charge is -2.32. The van der Waals surface area contributed by atoms with Gasteiger partial charge in [0.25, 0.3) is 0 Å². The maximum atomic E-state index is 10.7. The summed E-state index contributed by atoms with van der Waals surface area (Å²) in [5.41, 5.74) is 6.28. The van der Waals surface area contributed by atoms with Crippen molar-refractivity contribution in [3.8, 4) is 0 Å². The second kappa shape index (κ2) is 5.93. The molecule has 0 spiro atoms. The second-order valence-electron chi connectivity index (χ2n) is 6.79. The molecule has 1 aromatic rings. The molecule has 6 heteroatoms. The van der Waals surface area contributed by atoms with Gasteiger partial charge in [0.05, 0.1) is 17.8 Å². The molecule has 1 atom stereocenters. The van der Waals surface area contributed by atoms with Crippen LogP contribution >= 0.6 is 0 Å². The zero-order valence-corrected chi connectivity index (χ0v) is 13.9. The fourth-order valence-corrected chi connectivity index (χ4v) is 2.29. The number of carbonyl (C=O) groups is 1. The molecule has 1 saturated heterocycles. The molecule has 0 aliphatic carbocycles. The van der Waals surface area contributed by atoms with Crippen molar-refractivity contribution in [2.45, 2.75) is 51.7 Å². The number of carbonyl (C=O) groups excluding carboxylic acids is 1. The minimum atomic E-state index is -0.756. The van der Waals surface area contributed by atoms with E-state index in [4.69, 9.17) is 19.8 Å². The van der Waals surface area contributed by atoms with E-state index in [2.05, 4.69) is 0 Å². The lowest BCUT2D eigenvalue weighted by Crippen LogP contribution is -2.41. The smallest absolute Gasteiger partial charge is 0.449 e. The number of hydrogen-bond donors (Lipinski definition) is 1. The molecule has 1 aromatic carbocycles. The first-order chi connectivity index (χ1) is 10.1. The lowest BCUT2D eigenvalue weighted by molar-refractivity contribution is 0.00578. The zero-order valence-electron chi connectivity index (χ0n) is 13.9. The SMILES string of the molecule is CC(COC(N)=O)c1cccc(B2OC(C)(C)C(C)(C)O2)c1. The second-order valence-corrected chi connectivity index (χ2v) is 6.79. The lowest BCUT2D eigenvalue weighted by atomic mass is 9.77. The number of ether oxygens (including phenoxy) is 1. The Hall–Kier alpha value is -1.53. The molecule has 1 aliphatic rings. The molecule has 1 amide bonds. The third-order valence-corrected chi connectivity index (χ3v) is 4.48. The fourth-order valence-electron chi connectivity index (χ4n) is 2.29. The first kappa shape index (κ1) is 16.8. The van der Waals surface area contributed by atoms with Gasteiger partial charge in [-0.15, -0.1) is 0 Å². The van der Waals surface area contributed by atoms with Gasteiger partial charge in [-0.3, -0.25) is 0 Å². The standard InChI is InChI=1S/C16H24BNO4/c1-11(10-20-14(18)19)12-7-6-8-13(9-12)17-21-15(2,3)16(4,5)22-17/h6-9,11H,10H2,1-5H3,(H2,18,19). The highest BCUT2D eigenvalue weighted by Gasteiger charge is 2.51. The summed E-state index contributed by atoms with van der Waals surface area (Å²) < 4.78 is 17.0. The van der Waals surface area contributed by atoms with Crippen LogP contribution in [0.25, 0.3) is 0 Å². The van der Waals surface area contributed by atoms with Gasteiger partial charge in [-0.25, -0.2) is 4.79 Å². The molecule has 0 radical (unpaired) electrons. The van der Waals surface area contributed by atoms with Gasteiger partial charge >= 0.3 is 13.2 Å². The van der Waals surface area contributed by atoms with Crippen LogP contribution in [0.5, 0.6) is 0 Å². The van der Waals surface area contributed by atoms with Crippen LogP contribution in [-0.4, -0.2) is 31.0 Å². The van der Waals surface area contributed by atoms with Crippen LogP contribution in [0.1, 0.15) is 46.1 Å². The molecule has 1 heterocycles. The van der Waals surface area contributed by atoms with Crippen molar-refractivity contribution in [1.29, 1.82) is 0 Å². The minimum Gasteiger partial charge on any atom is -0.449 e. The Morgan fingerprint density at radius 1 is 1.27 bits per heavy atom. The predicted octanol–water partition coefficient (Wildman–Crippen LogP) is 2.18. The first-order valence-electron chi connectivity index (χ1n) is 7.50. The predicted molar refractivity (Wildman–Crippen MR) is 86.1 cm³/mol. The van der Waals surface area contributed by atoms with Gasteiger partial charge in [0.2, 0.25) is 0 Å². The largest absolute Gasteiger partial charge is 0.494 e. The topological polar surface area (TPSA) is 70.8 Å². The highest BCUT2D eigenvalue weighted by molar-refractivity contribution is 6.62. The molecule has 22 heavy (non-hydrogen) atoms. The summed E-state index contributed by atoms with van der Waals surface area (Å²) in [6, 6.07) is 7.95. The van der Waals surface area contributed by atoms with Crippen LogP contribution in [0.15, 0.2) is 24.3 Å². The van der Waals surface area contributed by atoms with Crippen molar-refractivity contribution < 1.29 is 18.8 Å². The van der Waals surface area contributed by atoms with Gasteiger partial charge < -0.3 is 19.8 Å². The average molecular weight is 305 g/mol. The van der Waals surface area contributed by atoms with Gasteiger partial charge in [-0.1, -0.05) is 31.2 Å². The van der Waals surface area contributed by atoms with Gasteiger partial charge in [0.1, 0.15) is 0 Å². The summed E-state index contributed by atoms with van der Waals surface area (Å²) in [7, 11) is -0.394. The Kier molecular flexibility index (Phi) is 4.54. The number of primary amides is 1. The van der Waals surface area contributed by atoms with Crippen LogP contribution in [0, 0.1) is 0 Å². The maximum Gasteiger partial charge on any atom is 0.494 e. The Bertz CT molecular complexity index is 543. The molecular weight excluding hydrogens is 281 g/mol. The van der Waals surface area contributed by atoms with E-state index in [-0.39, 0.29) is 23.7 Å². The summed E-state index contributed by atoms with van der Waals surface area (Å²) in [6.07, 6.45) is -0.756. The van der Waals surface area contributed by atoms with Crippen molar-refractivity contribution in [3.05, 3.63) is 29.8 Å². The Balaban J connectivity index is 2.14. The summed E-state index contributed by atoms with van der Waals surface area (Å²) in [4.78, 5) is 10.7. The molecular formula is C16H24BNO4. The van der Waals surface area contributed by atoms with Gasteiger partial charge in [0.15, 0.2) is 0 Å². The van der Waals surface area contributed by atoms with E-state index in [1.165, 1.54) is 0 Å². The number of hydrogen-bond acceptors (Lipinski definition) is 4. The molecule has 1 aliphatic heterocycles. The normalized spacial score (nSPS) is 20.7. The van der Waals surface area contributed by atoms with Crippen LogP contribution in [-0.2, 0) is 14.0 Å². The average Bonchev–Trinajstić information content (AvgIpc) is 2.65. The molecule has 5 nitrogen and oxygen atoms in total. The van der Waals surface area contributed by atoms with E-state index < -0.39 is 13.2 Å². The van der Waals surface area contributed by atoms with E-state index in [9.17, 15) is 4.79 Å². The number of nitrogens with two attached hydrogens (primary N) is 1. The first-order valence-corrected chi connectivity index (χ1v) is 7.50. The summed E-state index contributed by atoms with van der Waals surface area (Å²) in [6.45, 7) is 10.3.